The van der Waals surface area contributed by atoms with Crippen molar-refractivity contribution in [3.05, 3.63) is 48.6 Å². The molecular formula is C24H40O4. The molecule has 0 fully saturated rings. The van der Waals surface area contributed by atoms with Crippen LogP contribution in [0.5, 0.6) is 0 Å². The molecule has 0 saturated heterocycles. The molecule has 28 heavy (non-hydrogen) atoms. The highest BCUT2D eigenvalue weighted by molar-refractivity contribution is 5.72. The fraction of sp³-hybridized carbons (Fsp3) is 0.625. The predicted molar refractivity (Wildman–Crippen MR) is 117 cm³/mol. The number of ether oxygens (including phenoxy) is 1. The SMILES string of the molecule is CCCCC/C=C\C/C=C\C/C=C\C/C=C\CC[C@@H](C)C(=O)OC(CO)CO. The second kappa shape index (κ2) is 20.1. The fourth-order valence-electron chi connectivity index (χ4n) is 2.44. The van der Waals surface area contributed by atoms with E-state index in [2.05, 4.69) is 55.5 Å². The van der Waals surface area contributed by atoms with Crippen LogP contribution in [-0.4, -0.2) is 35.5 Å². The lowest BCUT2D eigenvalue weighted by Crippen LogP contribution is -2.28. The van der Waals surface area contributed by atoms with Crippen molar-refractivity contribution >= 4 is 5.97 Å². The molecule has 1 atom stereocenters. The van der Waals surface area contributed by atoms with Crippen LogP contribution in [0.15, 0.2) is 48.6 Å². The zero-order chi connectivity index (χ0) is 20.9. The Labute approximate surface area is 171 Å². The number of rotatable bonds is 17. The van der Waals surface area contributed by atoms with Crippen molar-refractivity contribution in [1.82, 2.24) is 0 Å². The third-order valence-corrected chi connectivity index (χ3v) is 4.32. The average Bonchev–Trinajstić information content (AvgIpc) is 2.71. The first-order valence-electron chi connectivity index (χ1n) is 10.7. The van der Waals surface area contributed by atoms with E-state index >= 15 is 0 Å². The summed E-state index contributed by atoms with van der Waals surface area (Å²) in [5.74, 6) is -0.615. The minimum absolute atomic E-state index is 0.244. The third-order valence-electron chi connectivity index (χ3n) is 4.32. The van der Waals surface area contributed by atoms with Gasteiger partial charge >= 0.3 is 5.97 Å². The minimum Gasteiger partial charge on any atom is -0.457 e. The summed E-state index contributed by atoms with van der Waals surface area (Å²) in [4.78, 5) is 11.8. The lowest BCUT2D eigenvalue weighted by Gasteiger charge is -2.16. The molecule has 4 nitrogen and oxygen atoms in total. The van der Waals surface area contributed by atoms with Crippen molar-refractivity contribution in [1.29, 1.82) is 0 Å². The third kappa shape index (κ3) is 16.5. The van der Waals surface area contributed by atoms with Gasteiger partial charge in [-0.3, -0.25) is 4.79 Å². The average molecular weight is 393 g/mol. The Hall–Kier alpha value is -1.65. The van der Waals surface area contributed by atoms with Crippen molar-refractivity contribution in [3.63, 3.8) is 0 Å². The Bertz CT molecular complexity index is 473. The van der Waals surface area contributed by atoms with Crippen molar-refractivity contribution < 1.29 is 19.7 Å². The van der Waals surface area contributed by atoms with Gasteiger partial charge in [0.15, 0.2) is 0 Å². The van der Waals surface area contributed by atoms with Crippen LogP contribution in [0.1, 0.15) is 71.6 Å². The number of carbonyl (C=O) groups is 1. The summed E-state index contributed by atoms with van der Waals surface area (Å²) in [6.07, 6.45) is 26.0. The zero-order valence-corrected chi connectivity index (χ0v) is 17.8. The summed E-state index contributed by atoms with van der Waals surface area (Å²) in [5, 5.41) is 17.8. The smallest absolute Gasteiger partial charge is 0.309 e. The van der Waals surface area contributed by atoms with Gasteiger partial charge in [-0.25, -0.2) is 0 Å². The topological polar surface area (TPSA) is 66.8 Å². The number of hydrogen-bond donors (Lipinski definition) is 2. The molecule has 0 aromatic heterocycles. The van der Waals surface area contributed by atoms with E-state index in [0.29, 0.717) is 6.42 Å². The first-order chi connectivity index (χ1) is 13.7. The molecule has 2 N–H and O–H groups in total. The van der Waals surface area contributed by atoms with Crippen LogP contribution in [0.25, 0.3) is 0 Å². The fourth-order valence-corrected chi connectivity index (χ4v) is 2.44. The second-order valence-electron chi connectivity index (χ2n) is 6.99. The molecule has 0 heterocycles. The Morgan fingerprint density at radius 2 is 1.32 bits per heavy atom. The quantitative estimate of drug-likeness (QED) is 0.201. The van der Waals surface area contributed by atoms with Crippen molar-refractivity contribution in [3.8, 4) is 0 Å². The van der Waals surface area contributed by atoms with E-state index in [1.54, 1.807) is 6.92 Å². The number of hydrogen-bond acceptors (Lipinski definition) is 4. The van der Waals surface area contributed by atoms with Gasteiger partial charge < -0.3 is 14.9 Å². The predicted octanol–water partition coefficient (Wildman–Crippen LogP) is 5.27. The largest absolute Gasteiger partial charge is 0.457 e. The van der Waals surface area contributed by atoms with Gasteiger partial charge in [-0.1, -0.05) is 75.3 Å². The molecule has 0 unspecified atom stereocenters. The Morgan fingerprint density at radius 3 is 1.82 bits per heavy atom. The van der Waals surface area contributed by atoms with Crippen LogP contribution < -0.4 is 0 Å². The normalized spacial score (nSPS) is 13.6. The van der Waals surface area contributed by atoms with Gasteiger partial charge in [0, 0.05) is 0 Å². The molecule has 0 aliphatic rings. The van der Waals surface area contributed by atoms with Gasteiger partial charge in [0.05, 0.1) is 19.1 Å². The van der Waals surface area contributed by atoms with Crippen LogP contribution in [0.3, 0.4) is 0 Å². The Morgan fingerprint density at radius 1 is 0.821 bits per heavy atom. The molecule has 160 valence electrons. The molecule has 0 aliphatic heterocycles. The van der Waals surface area contributed by atoms with E-state index < -0.39 is 6.10 Å². The lowest BCUT2D eigenvalue weighted by molar-refractivity contribution is -0.158. The first-order valence-corrected chi connectivity index (χ1v) is 10.7. The van der Waals surface area contributed by atoms with Crippen LogP contribution in [0, 0.1) is 5.92 Å². The molecule has 0 aliphatic carbocycles. The summed E-state index contributed by atoms with van der Waals surface area (Å²) in [6.45, 7) is 3.32. The molecule has 0 saturated carbocycles. The first kappa shape index (κ1) is 26.4. The summed E-state index contributed by atoms with van der Waals surface area (Å²) in [6, 6.07) is 0. The molecule has 4 heteroatoms. The van der Waals surface area contributed by atoms with Crippen molar-refractivity contribution in [2.24, 2.45) is 5.92 Å². The van der Waals surface area contributed by atoms with E-state index in [1.807, 2.05) is 0 Å². The van der Waals surface area contributed by atoms with E-state index in [1.165, 1.54) is 25.7 Å². The Kier molecular flexibility index (Phi) is 18.9. The highest BCUT2D eigenvalue weighted by Gasteiger charge is 2.18. The van der Waals surface area contributed by atoms with Crippen molar-refractivity contribution in [2.45, 2.75) is 77.7 Å². The zero-order valence-electron chi connectivity index (χ0n) is 17.8. The van der Waals surface area contributed by atoms with E-state index in [-0.39, 0.29) is 25.1 Å². The highest BCUT2D eigenvalue weighted by atomic mass is 16.6. The minimum atomic E-state index is -0.813. The molecule has 0 rings (SSSR count). The molecule has 0 radical (unpaired) electrons. The van der Waals surface area contributed by atoms with Gasteiger partial charge in [-0.2, -0.15) is 0 Å². The van der Waals surface area contributed by atoms with Crippen LogP contribution >= 0.6 is 0 Å². The second-order valence-corrected chi connectivity index (χ2v) is 6.99. The van der Waals surface area contributed by atoms with Gasteiger partial charge in [-0.05, 0) is 44.9 Å². The number of carbonyl (C=O) groups excluding carboxylic acids is 1. The summed E-state index contributed by atoms with van der Waals surface area (Å²) in [7, 11) is 0. The molecule has 0 amide bonds. The van der Waals surface area contributed by atoms with Crippen molar-refractivity contribution in [2.75, 3.05) is 13.2 Å². The van der Waals surface area contributed by atoms with E-state index in [4.69, 9.17) is 14.9 Å². The molecule has 0 bridgehead atoms. The summed E-state index contributed by atoms with van der Waals surface area (Å²) in [5.41, 5.74) is 0. The maximum Gasteiger partial charge on any atom is 0.309 e. The van der Waals surface area contributed by atoms with Gasteiger partial charge in [0.1, 0.15) is 6.10 Å². The number of aliphatic hydroxyl groups is 2. The van der Waals surface area contributed by atoms with Crippen LogP contribution in [0.4, 0.5) is 0 Å². The van der Waals surface area contributed by atoms with E-state index in [0.717, 1.165) is 25.7 Å². The maximum atomic E-state index is 11.8. The Balaban J connectivity index is 3.70. The van der Waals surface area contributed by atoms with Crippen LogP contribution in [0.2, 0.25) is 0 Å². The van der Waals surface area contributed by atoms with Crippen LogP contribution in [-0.2, 0) is 9.53 Å². The monoisotopic (exact) mass is 392 g/mol. The molecule has 0 aromatic rings. The highest BCUT2D eigenvalue weighted by Crippen LogP contribution is 2.10. The lowest BCUT2D eigenvalue weighted by atomic mass is 10.1. The number of aliphatic hydroxyl groups excluding tert-OH is 2. The molecular weight excluding hydrogens is 352 g/mol. The number of allylic oxidation sites excluding steroid dienone is 8. The van der Waals surface area contributed by atoms with E-state index in [9.17, 15) is 4.79 Å². The summed E-state index contributed by atoms with van der Waals surface area (Å²) < 4.78 is 5.01. The number of unbranched alkanes of at least 4 members (excludes halogenated alkanes) is 3. The van der Waals surface area contributed by atoms with Gasteiger partial charge in [-0.15, -0.1) is 0 Å². The number of esters is 1. The molecule has 0 spiro atoms. The van der Waals surface area contributed by atoms with Gasteiger partial charge in [0.2, 0.25) is 0 Å². The maximum absolute atomic E-state index is 11.8. The summed E-state index contributed by atoms with van der Waals surface area (Å²) >= 11 is 0. The standard InChI is InChI=1S/C24H40O4/c1-3-4-5-6-7-8-9-10-11-12-13-14-15-16-17-18-19-22(2)24(27)28-23(20-25)21-26/h7-8,10-11,13-14,16-17,22-23,25-26H,3-6,9,12,15,18-21H2,1-2H3/b8-7-,11-10-,14-13-,17-16-/t22-/m1/s1. The van der Waals surface area contributed by atoms with Gasteiger partial charge in [0.25, 0.3) is 0 Å². The molecule has 0 aromatic carbocycles.